The molecule has 2 amide bonds. The average molecular weight is 468 g/mol. The van der Waals surface area contributed by atoms with Crippen molar-refractivity contribution in [3.8, 4) is 11.5 Å². The van der Waals surface area contributed by atoms with E-state index in [1.165, 1.54) is 0 Å². The predicted molar refractivity (Wildman–Crippen MR) is 125 cm³/mol. The molecule has 0 radical (unpaired) electrons. The first-order chi connectivity index (χ1) is 14.9. The van der Waals surface area contributed by atoms with Gasteiger partial charge in [0.15, 0.2) is 0 Å². The molecule has 0 aromatic heterocycles. The molecule has 168 valence electrons. The number of hydrogen-bond donors (Lipinski definition) is 2. The first-order valence-electron chi connectivity index (χ1n) is 10.0. The lowest BCUT2D eigenvalue weighted by Crippen LogP contribution is -2.38. The second-order valence-electron chi connectivity index (χ2n) is 6.52. The van der Waals surface area contributed by atoms with E-state index < -0.39 is 0 Å². The first-order valence-corrected chi connectivity index (χ1v) is 10.8. The number of anilines is 2. The maximum atomic E-state index is 12.6. The monoisotopic (exact) mass is 467 g/mol. The van der Waals surface area contributed by atoms with E-state index in [4.69, 9.17) is 32.7 Å². The molecule has 0 unspecified atom stereocenters. The van der Waals surface area contributed by atoms with Crippen LogP contribution in [0.4, 0.5) is 11.4 Å². The number of carbonyl (C=O) groups excluding carboxylic acids is 2. The largest absolute Gasteiger partial charge is 0.494 e. The molecule has 0 fully saturated rings. The molecule has 9 heteroatoms. The van der Waals surface area contributed by atoms with Gasteiger partial charge in [-0.15, -0.1) is 0 Å². The minimum Gasteiger partial charge on any atom is -0.494 e. The fraction of sp³-hybridized carbons (Fsp3) is 0.364. The fourth-order valence-corrected chi connectivity index (χ4v) is 3.31. The van der Waals surface area contributed by atoms with Crippen LogP contribution >= 0.6 is 23.2 Å². The summed E-state index contributed by atoms with van der Waals surface area (Å²) < 4.78 is 11.1. The summed E-state index contributed by atoms with van der Waals surface area (Å²) in [5.74, 6) is 0.580. The van der Waals surface area contributed by atoms with E-state index in [0.29, 0.717) is 52.7 Å². The maximum Gasteiger partial charge on any atom is 0.238 e. The van der Waals surface area contributed by atoms with Crippen molar-refractivity contribution in [3.05, 3.63) is 46.4 Å². The zero-order chi connectivity index (χ0) is 22.8. The minimum absolute atomic E-state index is 0.00275. The van der Waals surface area contributed by atoms with E-state index >= 15 is 0 Å². The topological polar surface area (TPSA) is 79.9 Å². The van der Waals surface area contributed by atoms with Crippen LogP contribution in [0, 0.1) is 0 Å². The third-order valence-corrected chi connectivity index (χ3v) is 4.87. The number of hydrogen-bond acceptors (Lipinski definition) is 5. The number of amides is 2. The molecule has 0 spiro atoms. The van der Waals surface area contributed by atoms with Crippen LogP contribution in [0.3, 0.4) is 0 Å². The average Bonchev–Trinajstić information content (AvgIpc) is 2.72. The van der Waals surface area contributed by atoms with Gasteiger partial charge >= 0.3 is 0 Å². The van der Waals surface area contributed by atoms with Crippen molar-refractivity contribution in [2.24, 2.45) is 0 Å². The van der Waals surface area contributed by atoms with Crippen molar-refractivity contribution in [2.75, 3.05) is 43.5 Å². The molecule has 0 saturated carbocycles. The van der Waals surface area contributed by atoms with Gasteiger partial charge in [-0.2, -0.15) is 0 Å². The lowest BCUT2D eigenvalue weighted by molar-refractivity contribution is -0.119. The summed E-state index contributed by atoms with van der Waals surface area (Å²) in [5.41, 5.74) is 0.867. The molecule has 2 rings (SSSR count). The number of nitrogens with one attached hydrogen (secondary N) is 2. The SMILES string of the molecule is CCOc1ccc(OCC)c(NC(=O)CN(CC)CC(=O)Nc2c(Cl)cccc2Cl)c1. The van der Waals surface area contributed by atoms with Crippen LogP contribution in [0.2, 0.25) is 10.0 Å². The summed E-state index contributed by atoms with van der Waals surface area (Å²) in [4.78, 5) is 26.8. The van der Waals surface area contributed by atoms with Gasteiger partial charge in [0.25, 0.3) is 0 Å². The molecule has 31 heavy (non-hydrogen) atoms. The van der Waals surface area contributed by atoms with E-state index in [0.717, 1.165) is 0 Å². The van der Waals surface area contributed by atoms with Gasteiger partial charge in [-0.1, -0.05) is 36.2 Å². The third kappa shape index (κ3) is 7.61. The number of likely N-dealkylation sites (N-methyl/N-ethyl adjacent to an activating group) is 1. The van der Waals surface area contributed by atoms with Crippen molar-refractivity contribution >= 4 is 46.4 Å². The summed E-state index contributed by atoms with van der Waals surface area (Å²) in [5, 5.41) is 6.23. The lowest BCUT2D eigenvalue weighted by atomic mass is 10.2. The van der Waals surface area contributed by atoms with Crippen molar-refractivity contribution in [3.63, 3.8) is 0 Å². The molecular weight excluding hydrogens is 441 g/mol. The Kier molecular flexibility index (Phi) is 9.91. The number of carbonyl (C=O) groups is 2. The van der Waals surface area contributed by atoms with Crippen LogP contribution in [0.5, 0.6) is 11.5 Å². The number of ether oxygens (including phenoxy) is 2. The van der Waals surface area contributed by atoms with Crippen LogP contribution in [0.25, 0.3) is 0 Å². The molecule has 2 aromatic carbocycles. The Labute approximate surface area is 192 Å². The molecule has 2 N–H and O–H groups in total. The van der Waals surface area contributed by atoms with Crippen molar-refractivity contribution in [1.82, 2.24) is 4.90 Å². The zero-order valence-electron chi connectivity index (χ0n) is 17.8. The van der Waals surface area contributed by atoms with Gasteiger partial charge in [-0.05, 0) is 44.7 Å². The van der Waals surface area contributed by atoms with Gasteiger partial charge in [-0.3, -0.25) is 14.5 Å². The summed E-state index contributed by atoms with van der Waals surface area (Å²) >= 11 is 12.2. The number of para-hydroxylation sites is 1. The molecule has 0 atom stereocenters. The number of rotatable bonds is 11. The highest BCUT2D eigenvalue weighted by atomic mass is 35.5. The Bertz CT molecular complexity index is 888. The molecule has 0 heterocycles. The van der Waals surface area contributed by atoms with Crippen molar-refractivity contribution < 1.29 is 19.1 Å². The van der Waals surface area contributed by atoms with Crippen molar-refractivity contribution in [2.45, 2.75) is 20.8 Å². The smallest absolute Gasteiger partial charge is 0.238 e. The number of halogens is 2. The highest BCUT2D eigenvalue weighted by Gasteiger charge is 2.17. The Morgan fingerprint density at radius 1 is 0.903 bits per heavy atom. The van der Waals surface area contributed by atoms with E-state index in [1.807, 2.05) is 20.8 Å². The first kappa shape index (κ1) is 24.8. The molecule has 0 aliphatic rings. The van der Waals surface area contributed by atoms with E-state index in [9.17, 15) is 9.59 Å². The van der Waals surface area contributed by atoms with Crippen LogP contribution in [0.1, 0.15) is 20.8 Å². The molecule has 0 saturated heterocycles. The molecule has 2 aromatic rings. The Hall–Kier alpha value is -2.48. The normalized spacial score (nSPS) is 10.6. The maximum absolute atomic E-state index is 12.6. The lowest BCUT2D eigenvalue weighted by Gasteiger charge is -2.20. The molecule has 0 aliphatic heterocycles. The standard InChI is InChI=1S/C22H27Cl2N3O4/c1-4-27(14-21(29)26-22-16(23)8-7-9-17(22)24)13-20(28)25-18-12-15(30-5-2)10-11-19(18)31-6-3/h7-12H,4-6,13-14H2,1-3H3,(H,25,28)(H,26,29). The van der Waals surface area contributed by atoms with Crippen LogP contribution in [-0.2, 0) is 9.59 Å². The predicted octanol–water partition coefficient (Wildman–Crippen LogP) is 4.69. The Balaban J connectivity index is 2.01. The van der Waals surface area contributed by atoms with Gasteiger partial charge < -0.3 is 20.1 Å². The molecule has 0 bridgehead atoms. The zero-order valence-corrected chi connectivity index (χ0v) is 19.3. The summed E-state index contributed by atoms with van der Waals surface area (Å²) in [6, 6.07) is 10.2. The molecule has 0 aliphatic carbocycles. The quantitative estimate of drug-likeness (QED) is 0.500. The number of benzene rings is 2. The third-order valence-electron chi connectivity index (χ3n) is 4.24. The summed E-state index contributed by atoms with van der Waals surface area (Å²) in [6.45, 7) is 7.10. The van der Waals surface area contributed by atoms with E-state index in [-0.39, 0.29) is 24.9 Å². The highest BCUT2D eigenvalue weighted by Crippen LogP contribution is 2.30. The van der Waals surface area contributed by atoms with Gasteiger partial charge in [0, 0.05) is 6.07 Å². The van der Waals surface area contributed by atoms with Crippen molar-refractivity contribution in [1.29, 1.82) is 0 Å². The van der Waals surface area contributed by atoms with Crippen LogP contribution < -0.4 is 20.1 Å². The number of nitrogens with zero attached hydrogens (tertiary/aromatic N) is 1. The minimum atomic E-state index is -0.321. The van der Waals surface area contributed by atoms with E-state index in [1.54, 1.807) is 41.3 Å². The Morgan fingerprint density at radius 3 is 2.10 bits per heavy atom. The Morgan fingerprint density at radius 2 is 1.52 bits per heavy atom. The molecule has 7 nitrogen and oxygen atoms in total. The molecular formula is C22H27Cl2N3O4. The van der Waals surface area contributed by atoms with Gasteiger partial charge in [0.1, 0.15) is 11.5 Å². The highest BCUT2D eigenvalue weighted by molar-refractivity contribution is 6.39. The van der Waals surface area contributed by atoms with Gasteiger partial charge in [0.05, 0.1) is 47.7 Å². The van der Waals surface area contributed by atoms with Gasteiger partial charge in [0.2, 0.25) is 11.8 Å². The van der Waals surface area contributed by atoms with Gasteiger partial charge in [-0.25, -0.2) is 0 Å². The second-order valence-corrected chi connectivity index (χ2v) is 7.33. The van der Waals surface area contributed by atoms with Crippen LogP contribution in [0.15, 0.2) is 36.4 Å². The summed E-state index contributed by atoms with van der Waals surface area (Å²) in [7, 11) is 0. The summed E-state index contributed by atoms with van der Waals surface area (Å²) in [6.07, 6.45) is 0. The van der Waals surface area contributed by atoms with E-state index in [2.05, 4.69) is 10.6 Å². The second kappa shape index (κ2) is 12.4. The van der Waals surface area contributed by atoms with Crippen LogP contribution in [-0.4, -0.2) is 49.6 Å². The fourth-order valence-electron chi connectivity index (χ4n) is 2.82.